The fourth-order valence-electron chi connectivity index (χ4n) is 1.92. The first-order valence-electron chi connectivity index (χ1n) is 5.93. The highest BCUT2D eigenvalue weighted by Crippen LogP contribution is 2.31. The number of carbonyl (C=O) groups excluding carboxylic acids is 1. The summed E-state index contributed by atoms with van der Waals surface area (Å²) < 4.78 is 5.78. The van der Waals surface area contributed by atoms with Gasteiger partial charge >= 0.3 is 0 Å². The molecule has 0 bridgehead atoms. The van der Waals surface area contributed by atoms with Gasteiger partial charge in [-0.1, -0.05) is 24.0 Å². The van der Waals surface area contributed by atoms with E-state index in [9.17, 15) is 14.7 Å². The molecule has 2 heterocycles. The Labute approximate surface area is 128 Å². The first kappa shape index (κ1) is 13.8. The molecule has 106 valence electrons. The Hall–Kier alpha value is -2.12. The standard InChI is InChI=1S/C14H9NO4S2/c1-15-13(18)11(21-14(15)20)4-7-6-19-10-5-8(16)2-3-9(10)12(7)17/h2-6,16H,1H3. The molecule has 1 amide bonds. The molecule has 2 aromatic rings. The van der Waals surface area contributed by atoms with Gasteiger partial charge in [0, 0.05) is 13.1 Å². The van der Waals surface area contributed by atoms with Crippen LogP contribution in [0.25, 0.3) is 17.0 Å². The van der Waals surface area contributed by atoms with E-state index in [0.29, 0.717) is 20.2 Å². The number of rotatable bonds is 1. The lowest BCUT2D eigenvalue weighted by molar-refractivity contribution is -0.121. The van der Waals surface area contributed by atoms with Crippen LogP contribution in [0.2, 0.25) is 0 Å². The number of thioether (sulfide) groups is 1. The highest BCUT2D eigenvalue weighted by Gasteiger charge is 2.29. The summed E-state index contributed by atoms with van der Waals surface area (Å²) in [5.41, 5.74) is 0.292. The number of fused-ring (bicyclic) bond motifs is 1. The van der Waals surface area contributed by atoms with E-state index in [1.165, 1.54) is 35.4 Å². The van der Waals surface area contributed by atoms with Crippen LogP contribution in [0.15, 0.2) is 38.6 Å². The summed E-state index contributed by atoms with van der Waals surface area (Å²) in [5, 5.41) is 9.71. The van der Waals surface area contributed by atoms with Crippen LogP contribution >= 0.6 is 24.0 Å². The van der Waals surface area contributed by atoms with Crippen molar-refractivity contribution in [2.24, 2.45) is 0 Å². The average molecular weight is 319 g/mol. The average Bonchev–Trinajstić information content (AvgIpc) is 2.69. The Morgan fingerprint density at radius 3 is 2.81 bits per heavy atom. The number of aromatic hydroxyl groups is 1. The summed E-state index contributed by atoms with van der Waals surface area (Å²) >= 11 is 6.18. The first-order valence-corrected chi connectivity index (χ1v) is 7.16. The quantitative estimate of drug-likeness (QED) is 0.642. The van der Waals surface area contributed by atoms with E-state index in [4.69, 9.17) is 16.6 Å². The topological polar surface area (TPSA) is 70.8 Å². The summed E-state index contributed by atoms with van der Waals surface area (Å²) in [7, 11) is 1.59. The van der Waals surface area contributed by atoms with Crippen LogP contribution in [-0.4, -0.2) is 27.3 Å². The predicted molar refractivity (Wildman–Crippen MR) is 85.1 cm³/mol. The van der Waals surface area contributed by atoms with Gasteiger partial charge in [0.1, 0.15) is 21.9 Å². The predicted octanol–water partition coefficient (Wildman–Crippen LogP) is 2.33. The van der Waals surface area contributed by atoms with Crippen LogP contribution in [0.1, 0.15) is 5.56 Å². The Bertz CT molecular complexity index is 869. The molecule has 1 aliphatic rings. The van der Waals surface area contributed by atoms with Crippen molar-refractivity contribution in [3.8, 4) is 5.75 Å². The number of hydrogen-bond donors (Lipinski definition) is 1. The lowest BCUT2D eigenvalue weighted by Crippen LogP contribution is -2.22. The van der Waals surface area contributed by atoms with E-state index in [2.05, 4.69) is 0 Å². The van der Waals surface area contributed by atoms with Crippen LogP contribution in [-0.2, 0) is 4.79 Å². The van der Waals surface area contributed by atoms with E-state index in [1.54, 1.807) is 7.05 Å². The molecule has 0 radical (unpaired) electrons. The number of benzene rings is 1. The van der Waals surface area contributed by atoms with Crippen LogP contribution in [0, 0.1) is 0 Å². The minimum atomic E-state index is -0.266. The zero-order chi connectivity index (χ0) is 15.1. The normalized spacial score (nSPS) is 17.2. The number of amides is 1. The molecule has 21 heavy (non-hydrogen) atoms. The minimum Gasteiger partial charge on any atom is -0.508 e. The summed E-state index contributed by atoms with van der Waals surface area (Å²) in [4.78, 5) is 26.0. The van der Waals surface area contributed by atoms with Gasteiger partial charge in [-0.25, -0.2) is 0 Å². The maximum atomic E-state index is 12.3. The fourth-order valence-corrected chi connectivity index (χ4v) is 3.09. The highest BCUT2D eigenvalue weighted by atomic mass is 32.2. The van der Waals surface area contributed by atoms with Crippen LogP contribution in [0.4, 0.5) is 0 Å². The van der Waals surface area contributed by atoms with Crippen molar-refractivity contribution >= 4 is 51.3 Å². The monoisotopic (exact) mass is 319 g/mol. The first-order chi connectivity index (χ1) is 9.97. The molecule has 1 aromatic carbocycles. The Morgan fingerprint density at radius 2 is 2.14 bits per heavy atom. The van der Waals surface area contributed by atoms with Crippen molar-refractivity contribution in [1.82, 2.24) is 4.90 Å². The van der Waals surface area contributed by atoms with Crippen molar-refractivity contribution in [3.05, 3.63) is 45.2 Å². The van der Waals surface area contributed by atoms with E-state index in [-0.39, 0.29) is 22.6 Å². The third-order valence-electron chi connectivity index (χ3n) is 3.06. The lowest BCUT2D eigenvalue weighted by Gasteiger charge is -2.03. The third kappa shape index (κ3) is 2.34. The molecule has 0 spiro atoms. The Morgan fingerprint density at radius 1 is 1.38 bits per heavy atom. The molecule has 5 nitrogen and oxygen atoms in total. The second kappa shape index (κ2) is 5.01. The molecule has 1 fully saturated rings. The zero-order valence-electron chi connectivity index (χ0n) is 10.8. The van der Waals surface area contributed by atoms with Gasteiger partial charge in [-0.15, -0.1) is 0 Å². The maximum Gasteiger partial charge on any atom is 0.265 e. The SMILES string of the molecule is CN1C(=O)C(=Cc2coc3cc(O)ccc3c2=O)SC1=S. The second-order valence-electron chi connectivity index (χ2n) is 4.44. The maximum absolute atomic E-state index is 12.3. The van der Waals surface area contributed by atoms with E-state index < -0.39 is 0 Å². The van der Waals surface area contributed by atoms with Gasteiger partial charge in [0.05, 0.1) is 15.9 Å². The van der Waals surface area contributed by atoms with E-state index in [1.807, 2.05) is 0 Å². The van der Waals surface area contributed by atoms with Gasteiger partial charge in [-0.05, 0) is 18.2 Å². The summed E-state index contributed by atoms with van der Waals surface area (Å²) in [5.74, 6) is -0.222. The molecule has 7 heteroatoms. The second-order valence-corrected chi connectivity index (χ2v) is 6.12. The molecule has 0 atom stereocenters. The molecule has 1 N–H and O–H groups in total. The zero-order valence-corrected chi connectivity index (χ0v) is 12.5. The smallest absolute Gasteiger partial charge is 0.265 e. The van der Waals surface area contributed by atoms with Gasteiger partial charge in [0.25, 0.3) is 5.91 Å². The van der Waals surface area contributed by atoms with Gasteiger partial charge in [-0.3, -0.25) is 14.5 Å². The number of phenolic OH excluding ortho intramolecular Hbond substituents is 1. The van der Waals surface area contributed by atoms with Crippen LogP contribution in [0.3, 0.4) is 0 Å². The molecule has 0 saturated carbocycles. The highest BCUT2D eigenvalue weighted by molar-refractivity contribution is 8.26. The molecular weight excluding hydrogens is 310 g/mol. The fraction of sp³-hybridized carbons (Fsp3) is 0.0714. The number of carbonyl (C=O) groups is 1. The number of phenols is 1. The number of thiocarbonyl (C=S) groups is 1. The van der Waals surface area contributed by atoms with Crippen molar-refractivity contribution in [3.63, 3.8) is 0 Å². The van der Waals surface area contributed by atoms with Gasteiger partial charge in [0.2, 0.25) is 0 Å². The number of hydrogen-bond acceptors (Lipinski definition) is 6. The molecule has 0 unspecified atom stereocenters. The molecule has 1 aliphatic heterocycles. The molecule has 3 rings (SSSR count). The van der Waals surface area contributed by atoms with Gasteiger partial charge in [-0.2, -0.15) is 0 Å². The van der Waals surface area contributed by atoms with Crippen molar-refractivity contribution in [2.75, 3.05) is 7.05 Å². The van der Waals surface area contributed by atoms with Crippen molar-refractivity contribution in [1.29, 1.82) is 0 Å². The molecule has 1 aromatic heterocycles. The van der Waals surface area contributed by atoms with Crippen LogP contribution in [0.5, 0.6) is 5.75 Å². The number of nitrogens with zero attached hydrogens (tertiary/aromatic N) is 1. The van der Waals surface area contributed by atoms with Crippen LogP contribution < -0.4 is 5.43 Å². The summed E-state index contributed by atoms with van der Waals surface area (Å²) in [6.07, 6.45) is 2.74. The van der Waals surface area contributed by atoms with Gasteiger partial charge in [0.15, 0.2) is 5.43 Å². The largest absolute Gasteiger partial charge is 0.508 e. The molecule has 1 saturated heterocycles. The molecule has 0 aliphatic carbocycles. The van der Waals surface area contributed by atoms with E-state index in [0.717, 1.165) is 11.8 Å². The van der Waals surface area contributed by atoms with Crippen molar-refractivity contribution < 1.29 is 14.3 Å². The molecular formula is C14H9NO4S2. The van der Waals surface area contributed by atoms with Gasteiger partial charge < -0.3 is 9.52 Å². The Balaban J connectivity index is 2.13. The third-order valence-corrected chi connectivity index (χ3v) is 4.54. The summed E-state index contributed by atoms with van der Waals surface area (Å²) in [6.45, 7) is 0. The van der Waals surface area contributed by atoms with Crippen molar-refractivity contribution in [2.45, 2.75) is 0 Å². The minimum absolute atomic E-state index is 0.0188. The number of likely N-dealkylation sites (N-methyl/N-ethyl adjacent to an activating group) is 1. The summed E-state index contributed by atoms with van der Waals surface area (Å²) in [6, 6.07) is 4.26. The van der Waals surface area contributed by atoms with E-state index >= 15 is 0 Å². The lowest BCUT2D eigenvalue weighted by atomic mass is 10.1. The Kier molecular flexibility index (Phi) is 3.30.